The summed E-state index contributed by atoms with van der Waals surface area (Å²) in [5.74, 6) is 1.70. The summed E-state index contributed by atoms with van der Waals surface area (Å²) in [6, 6.07) is 15.5. The summed E-state index contributed by atoms with van der Waals surface area (Å²) in [5, 5.41) is 16.6. The van der Waals surface area contributed by atoms with Crippen LogP contribution in [0.3, 0.4) is 0 Å². The average Bonchev–Trinajstić information content (AvgIpc) is 2.84. The van der Waals surface area contributed by atoms with Gasteiger partial charge < -0.3 is 20.5 Å². The van der Waals surface area contributed by atoms with Gasteiger partial charge in [-0.1, -0.05) is 18.2 Å². The van der Waals surface area contributed by atoms with Crippen LogP contribution in [-0.2, 0) is 4.79 Å². The molecule has 8 nitrogen and oxygen atoms in total. The molecule has 1 amide bonds. The van der Waals surface area contributed by atoms with Gasteiger partial charge >= 0.3 is 0 Å². The summed E-state index contributed by atoms with van der Waals surface area (Å²) >= 11 is 0. The van der Waals surface area contributed by atoms with Crippen LogP contribution in [0.5, 0.6) is 11.5 Å². The first-order chi connectivity index (χ1) is 17.2. The second kappa shape index (κ2) is 10.5. The molecule has 0 bridgehead atoms. The van der Waals surface area contributed by atoms with Crippen LogP contribution in [0.1, 0.15) is 30.7 Å². The van der Waals surface area contributed by atoms with E-state index >= 15 is 0 Å². The minimum atomic E-state index is -1.41. The maximum Gasteiger partial charge on any atom is 0.251 e. The third-order valence-electron chi connectivity index (χ3n) is 5.46. The lowest BCUT2D eigenvalue weighted by molar-refractivity contribution is -0.136. The minimum Gasteiger partial charge on any atom is -0.455 e. The van der Waals surface area contributed by atoms with Crippen molar-refractivity contribution in [1.29, 1.82) is 0 Å². The largest absolute Gasteiger partial charge is 0.455 e. The molecule has 2 heterocycles. The van der Waals surface area contributed by atoms with Gasteiger partial charge in [0, 0.05) is 23.3 Å². The molecule has 0 saturated heterocycles. The van der Waals surface area contributed by atoms with E-state index in [9.17, 15) is 9.90 Å². The Labute approximate surface area is 210 Å². The number of nitrogens with one attached hydrogen (secondary N) is 2. The molecular weight excluding hydrogens is 454 g/mol. The lowest BCUT2D eigenvalue weighted by Gasteiger charge is -2.15. The fourth-order valence-corrected chi connectivity index (χ4v) is 3.46. The zero-order valence-electron chi connectivity index (χ0n) is 20.7. The third kappa shape index (κ3) is 6.22. The number of hydrogen-bond donors (Lipinski definition) is 3. The Morgan fingerprint density at radius 2 is 1.89 bits per heavy atom. The average molecular weight is 484 g/mol. The molecule has 8 heteroatoms. The van der Waals surface area contributed by atoms with Gasteiger partial charge in [0.2, 0.25) is 0 Å². The number of aromatic nitrogens is 3. The molecular formula is C28H29N5O3. The molecule has 4 rings (SSSR count). The van der Waals surface area contributed by atoms with Gasteiger partial charge in [-0.3, -0.25) is 9.78 Å². The first-order valence-corrected chi connectivity index (χ1v) is 11.6. The quantitative estimate of drug-likeness (QED) is 0.321. The maximum atomic E-state index is 11.8. The highest BCUT2D eigenvalue weighted by atomic mass is 16.5. The lowest BCUT2D eigenvalue weighted by atomic mass is 10.1. The number of anilines is 2. The normalized spacial score (nSPS) is 11.6. The summed E-state index contributed by atoms with van der Waals surface area (Å²) in [6.07, 6.45) is 6.97. The number of hydrogen-bond acceptors (Lipinski definition) is 7. The van der Waals surface area contributed by atoms with E-state index in [4.69, 9.17) is 4.74 Å². The van der Waals surface area contributed by atoms with Crippen molar-refractivity contribution >= 4 is 34.4 Å². The van der Waals surface area contributed by atoms with Crippen molar-refractivity contribution in [2.75, 3.05) is 11.9 Å². The summed E-state index contributed by atoms with van der Waals surface area (Å²) < 4.78 is 5.97. The number of carbonyl (C=O) groups is 1. The van der Waals surface area contributed by atoms with Crippen molar-refractivity contribution in [3.8, 4) is 11.5 Å². The monoisotopic (exact) mass is 483 g/mol. The molecule has 2 aromatic carbocycles. The summed E-state index contributed by atoms with van der Waals surface area (Å²) in [6.45, 7) is 7.13. The highest BCUT2D eigenvalue weighted by molar-refractivity contribution is 5.92. The van der Waals surface area contributed by atoms with Gasteiger partial charge in [0.15, 0.2) is 0 Å². The number of rotatable bonds is 8. The van der Waals surface area contributed by atoms with E-state index in [0.717, 1.165) is 39.2 Å². The van der Waals surface area contributed by atoms with Crippen molar-refractivity contribution in [1.82, 2.24) is 20.3 Å². The van der Waals surface area contributed by atoms with E-state index in [1.165, 1.54) is 20.2 Å². The minimum absolute atomic E-state index is 0.309. The molecule has 0 unspecified atom stereocenters. The van der Waals surface area contributed by atoms with Gasteiger partial charge in [0.1, 0.15) is 29.2 Å². The first-order valence-electron chi connectivity index (χ1n) is 11.6. The zero-order valence-corrected chi connectivity index (χ0v) is 20.7. The molecule has 0 spiro atoms. The highest BCUT2D eigenvalue weighted by Crippen LogP contribution is 2.30. The second-order valence-electron chi connectivity index (χ2n) is 9.01. The topological polar surface area (TPSA) is 109 Å². The Morgan fingerprint density at radius 1 is 1.06 bits per heavy atom. The molecule has 0 aliphatic carbocycles. The molecule has 0 aliphatic heterocycles. The SMILES string of the molecule is Cc1ccc(Oc2ccc(Nc3ncnc4ccc(C=CCNC(=O)C(C)(C)O)cc34)cc2C)cn1. The van der Waals surface area contributed by atoms with Crippen molar-refractivity contribution in [2.45, 2.75) is 33.3 Å². The number of fused-ring (bicyclic) bond motifs is 1. The van der Waals surface area contributed by atoms with Crippen LogP contribution < -0.4 is 15.4 Å². The van der Waals surface area contributed by atoms with Gasteiger partial charge in [-0.2, -0.15) is 0 Å². The Hall–Kier alpha value is -4.30. The number of ether oxygens (including phenoxy) is 1. The molecule has 3 N–H and O–H groups in total. The summed E-state index contributed by atoms with van der Waals surface area (Å²) in [5.41, 5.74) is 3.11. The van der Waals surface area contributed by atoms with Gasteiger partial charge in [0.25, 0.3) is 5.91 Å². The fraction of sp³-hybridized carbons (Fsp3) is 0.214. The zero-order chi connectivity index (χ0) is 25.7. The number of amides is 1. The van der Waals surface area contributed by atoms with Gasteiger partial charge in [-0.05, 0) is 81.3 Å². The van der Waals surface area contributed by atoms with Crippen LogP contribution in [0.2, 0.25) is 0 Å². The predicted octanol–water partition coefficient (Wildman–Crippen LogP) is 5.08. The van der Waals surface area contributed by atoms with Crippen molar-refractivity contribution in [3.05, 3.63) is 84.0 Å². The molecule has 2 aromatic heterocycles. The van der Waals surface area contributed by atoms with Crippen LogP contribution in [-0.4, -0.2) is 38.1 Å². The van der Waals surface area contributed by atoms with Crippen molar-refractivity contribution in [3.63, 3.8) is 0 Å². The second-order valence-corrected chi connectivity index (χ2v) is 9.01. The van der Waals surface area contributed by atoms with Gasteiger partial charge in [-0.25, -0.2) is 9.97 Å². The Kier molecular flexibility index (Phi) is 7.26. The Morgan fingerprint density at radius 3 is 2.61 bits per heavy atom. The number of aliphatic hydroxyl groups is 1. The lowest BCUT2D eigenvalue weighted by Crippen LogP contribution is -2.41. The molecule has 0 atom stereocenters. The standard InChI is InChI=1S/C28H29N5O3/c1-18-14-21(9-12-25(18)36-22-10-7-19(2)30-16-22)33-26-23-15-20(8-11-24(23)31-17-32-26)6-5-13-29-27(34)28(3,4)35/h5-12,14-17,35H,13H2,1-4H3,(H,29,34)(H,31,32,33). The van der Waals surface area contributed by atoms with Crippen LogP contribution in [0.15, 0.2) is 67.1 Å². The predicted molar refractivity (Wildman–Crippen MR) is 141 cm³/mol. The number of nitrogens with zero attached hydrogens (tertiary/aromatic N) is 3. The van der Waals surface area contributed by atoms with E-state index in [1.807, 2.05) is 74.5 Å². The summed E-state index contributed by atoms with van der Waals surface area (Å²) in [4.78, 5) is 24.9. The van der Waals surface area contributed by atoms with E-state index < -0.39 is 11.5 Å². The smallest absolute Gasteiger partial charge is 0.251 e. The highest BCUT2D eigenvalue weighted by Gasteiger charge is 2.22. The van der Waals surface area contributed by atoms with Crippen molar-refractivity contribution < 1.29 is 14.6 Å². The Balaban J connectivity index is 1.49. The molecule has 36 heavy (non-hydrogen) atoms. The number of pyridine rings is 1. The third-order valence-corrected chi connectivity index (χ3v) is 5.46. The molecule has 0 aliphatic rings. The number of aryl methyl sites for hydroxylation is 2. The van der Waals surface area contributed by atoms with Gasteiger partial charge in [0.05, 0.1) is 11.7 Å². The molecule has 0 radical (unpaired) electrons. The Bertz CT molecular complexity index is 1410. The van der Waals surface area contributed by atoms with E-state index in [1.54, 1.807) is 6.20 Å². The van der Waals surface area contributed by atoms with E-state index in [-0.39, 0.29) is 0 Å². The first kappa shape index (κ1) is 24.8. The van der Waals surface area contributed by atoms with Crippen LogP contribution in [0, 0.1) is 13.8 Å². The molecule has 0 saturated carbocycles. The molecule has 0 fully saturated rings. The van der Waals surface area contributed by atoms with Gasteiger partial charge in [-0.15, -0.1) is 0 Å². The maximum absolute atomic E-state index is 11.8. The fourth-order valence-electron chi connectivity index (χ4n) is 3.46. The number of benzene rings is 2. The molecule has 4 aromatic rings. The van der Waals surface area contributed by atoms with E-state index in [0.29, 0.717) is 18.1 Å². The van der Waals surface area contributed by atoms with Crippen molar-refractivity contribution in [2.24, 2.45) is 0 Å². The van der Waals surface area contributed by atoms with E-state index in [2.05, 4.69) is 25.6 Å². The number of carbonyl (C=O) groups excluding carboxylic acids is 1. The van der Waals surface area contributed by atoms with Crippen LogP contribution in [0.4, 0.5) is 11.5 Å². The van der Waals surface area contributed by atoms with Crippen LogP contribution >= 0.6 is 0 Å². The molecule has 184 valence electrons. The van der Waals surface area contributed by atoms with Crippen LogP contribution in [0.25, 0.3) is 17.0 Å². The summed E-state index contributed by atoms with van der Waals surface area (Å²) in [7, 11) is 0.